The first-order valence-corrected chi connectivity index (χ1v) is 10.2. The Morgan fingerprint density at radius 1 is 1.00 bits per heavy atom. The molecule has 9 heteroatoms. The number of amides is 1. The van der Waals surface area contributed by atoms with E-state index in [-0.39, 0.29) is 22.5 Å². The first-order chi connectivity index (χ1) is 14.8. The average molecular weight is 422 g/mol. The van der Waals surface area contributed by atoms with Gasteiger partial charge in [-0.05, 0) is 43.8 Å². The number of likely N-dealkylation sites (N-methyl/N-ethyl adjacent to an activating group) is 1. The molecule has 31 heavy (non-hydrogen) atoms. The minimum Gasteiger partial charge on any atom is -0.369 e. The Balaban J connectivity index is 1.59. The van der Waals surface area contributed by atoms with Gasteiger partial charge in [0.1, 0.15) is 5.65 Å². The van der Waals surface area contributed by atoms with E-state index in [1.165, 1.54) is 23.9 Å². The molecule has 1 amide bonds. The standard InChI is InChI=1S/C22H26N6O3/c1-14-11-16(28-9-7-25(2)8-10-28)5-6-18(14)24-20(29)15-12-17-19(23-13-15)26(3)22(31)27(4)21(17)30/h5-6,11-13H,7-10H2,1-4H3,(H,24,29). The van der Waals surface area contributed by atoms with E-state index in [4.69, 9.17) is 0 Å². The SMILES string of the molecule is Cc1cc(N2CCN(C)CC2)ccc1NC(=O)c1cnc2c(c1)c(=O)n(C)c(=O)n2C. The van der Waals surface area contributed by atoms with E-state index in [2.05, 4.69) is 33.2 Å². The Hall–Kier alpha value is -3.46. The molecule has 0 radical (unpaired) electrons. The van der Waals surface area contributed by atoms with Gasteiger partial charge in [0, 0.05) is 57.8 Å². The van der Waals surface area contributed by atoms with Gasteiger partial charge in [-0.15, -0.1) is 0 Å². The third-order valence-corrected chi connectivity index (χ3v) is 5.88. The third-order valence-electron chi connectivity index (χ3n) is 5.88. The summed E-state index contributed by atoms with van der Waals surface area (Å²) in [5.74, 6) is -0.360. The highest BCUT2D eigenvalue weighted by atomic mass is 16.2. The number of hydrogen-bond acceptors (Lipinski definition) is 6. The number of nitrogens with one attached hydrogen (secondary N) is 1. The zero-order chi connectivity index (χ0) is 22.3. The molecule has 1 aliphatic rings. The van der Waals surface area contributed by atoms with Crippen LogP contribution in [0.15, 0.2) is 40.1 Å². The van der Waals surface area contributed by atoms with Crippen molar-refractivity contribution >= 4 is 28.3 Å². The van der Waals surface area contributed by atoms with Crippen molar-refractivity contribution in [3.8, 4) is 0 Å². The zero-order valence-corrected chi connectivity index (χ0v) is 18.2. The molecule has 3 heterocycles. The lowest BCUT2D eigenvalue weighted by Crippen LogP contribution is -2.44. The number of piperazine rings is 1. The second kappa shape index (κ2) is 7.99. The summed E-state index contributed by atoms with van der Waals surface area (Å²) in [6.45, 7) is 5.96. The number of pyridine rings is 1. The number of nitrogens with zero attached hydrogens (tertiary/aromatic N) is 5. The third kappa shape index (κ3) is 3.84. The van der Waals surface area contributed by atoms with Crippen LogP contribution in [0.1, 0.15) is 15.9 Å². The highest BCUT2D eigenvalue weighted by Crippen LogP contribution is 2.24. The van der Waals surface area contributed by atoms with E-state index in [1.54, 1.807) is 7.05 Å². The van der Waals surface area contributed by atoms with Crippen molar-refractivity contribution in [3.05, 3.63) is 62.4 Å². The van der Waals surface area contributed by atoms with Crippen molar-refractivity contribution in [1.29, 1.82) is 0 Å². The van der Waals surface area contributed by atoms with Gasteiger partial charge in [-0.25, -0.2) is 9.78 Å². The second-order valence-electron chi connectivity index (χ2n) is 8.04. The van der Waals surface area contributed by atoms with Crippen molar-refractivity contribution in [2.24, 2.45) is 14.1 Å². The number of anilines is 2. The Bertz CT molecular complexity index is 1280. The van der Waals surface area contributed by atoms with Gasteiger partial charge < -0.3 is 15.1 Å². The lowest BCUT2D eigenvalue weighted by Gasteiger charge is -2.34. The molecule has 4 rings (SSSR count). The van der Waals surface area contributed by atoms with Crippen molar-refractivity contribution in [2.45, 2.75) is 6.92 Å². The van der Waals surface area contributed by atoms with Crippen molar-refractivity contribution in [3.63, 3.8) is 0 Å². The summed E-state index contributed by atoms with van der Waals surface area (Å²) in [4.78, 5) is 46.2. The van der Waals surface area contributed by atoms with Gasteiger partial charge in [0.15, 0.2) is 0 Å². The summed E-state index contributed by atoms with van der Waals surface area (Å²) in [6.07, 6.45) is 1.38. The molecule has 1 aliphatic heterocycles. The number of carbonyl (C=O) groups is 1. The monoisotopic (exact) mass is 422 g/mol. The molecule has 0 saturated carbocycles. The predicted molar refractivity (Wildman–Crippen MR) is 121 cm³/mol. The van der Waals surface area contributed by atoms with Crippen LogP contribution < -0.4 is 21.5 Å². The van der Waals surface area contributed by atoms with Crippen LogP contribution in [0.5, 0.6) is 0 Å². The van der Waals surface area contributed by atoms with Gasteiger partial charge in [-0.1, -0.05) is 0 Å². The van der Waals surface area contributed by atoms with Crippen LogP contribution in [0.25, 0.3) is 11.0 Å². The molecule has 3 aromatic rings. The number of aryl methyl sites for hydroxylation is 2. The minimum absolute atomic E-state index is 0.222. The summed E-state index contributed by atoms with van der Waals surface area (Å²) >= 11 is 0. The van der Waals surface area contributed by atoms with Crippen LogP contribution in [0.2, 0.25) is 0 Å². The average Bonchev–Trinajstić information content (AvgIpc) is 2.77. The number of benzene rings is 1. The van der Waals surface area contributed by atoms with E-state index in [0.717, 1.165) is 42.0 Å². The van der Waals surface area contributed by atoms with Gasteiger partial charge >= 0.3 is 5.69 Å². The number of carbonyl (C=O) groups excluding carboxylic acids is 1. The quantitative estimate of drug-likeness (QED) is 0.676. The molecular weight excluding hydrogens is 396 g/mol. The molecule has 162 valence electrons. The summed E-state index contributed by atoms with van der Waals surface area (Å²) in [7, 11) is 5.07. The number of rotatable bonds is 3. The summed E-state index contributed by atoms with van der Waals surface area (Å²) in [6, 6.07) is 7.47. The van der Waals surface area contributed by atoms with Crippen LogP contribution in [0.3, 0.4) is 0 Å². The number of fused-ring (bicyclic) bond motifs is 1. The smallest absolute Gasteiger partial charge is 0.332 e. The molecule has 1 saturated heterocycles. The first kappa shape index (κ1) is 20.8. The molecule has 2 aromatic heterocycles. The van der Waals surface area contributed by atoms with Gasteiger partial charge in [0.25, 0.3) is 11.5 Å². The van der Waals surface area contributed by atoms with E-state index < -0.39 is 11.2 Å². The van der Waals surface area contributed by atoms with Crippen LogP contribution in [0, 0.1) is 6.92 Å². The lowest BCUT2D eigenvalue weighted by atomic mass is 10.1. The first-order valence-electron chi connectivity index (χ1n) is 10.2. The highest BCUT2D eigenvalue weighted by Gasteiger charge is 2.17. The van der Waals surface area contributed by atoms with Gasteiger partial charge in [-0.2, -0.15) is 0 Å². The largest absolute Gasteiger partial charge is 0.369 e. The van der Waals surface area contributed by atoms with E-state index >= 15 is 0 Å². The molecular formula is C22H26N6O3. The fourth-order valence-corrected chi connectivity index (χ4v) is 3.83. The van der Waals surface area contributed by atoms with Gasteiger partial charge in [0.2, 0.25) is 0 Å². The molecule has 1 aromatic carbocycles. The van der Waals surface area contributed by atoms with Crippen LogP contribution in [0.4, 0.5) is 11.4 Å². The molecule has 0 spiro atoms. The molecule has 1 fully saturated rings. The van der Waals surface area contributed by atoms with E-state index in [0.29, 0.717) is 5.69 Å². The Morgan fingerprint density at radius 3 is 2.39 bits per heavy atom. The number of hydrogen-bond donors (Lipinski definition) is 1. The molecule has 0 atom stereocenters. The second-order valence-corrected chi connectivity index (χ2v) is 8.04. The normalized spacial score (nSPS) is 14.8. The molecule has 1 N–H and O–H groups in total. The highest BCUT2D eigenvalue weighted by molar-refractivity contribution is 6.06. The minimum atomic E-state index is -0.479. The van der Waals surface area contributed by atoms with Crippen LogP contribution in [-0.4, -0.2) is 58.2 Å². The molecule has 0 unspecified atom stereocenters. The summed E-state index contributed by atoms with van der Waals surface area (Å²) in [5, 5.41) is 3.13. The molecule has 0 bridgehead atoms. The van der Waals surface area contributed by atoms with Gasteiger partial charge in [-0.3, -0.25) is 18.7 Å². The summed E-state index contributed by atoms with van der Waals surface area (Å²) in [5.41, 5.74) is 2.36. The maximum atomic E-state index is 12.8. The predicted octanol–water partition coefficient (Wildman–Crippen LogP) is 0.945. The topological polar surface area (TPSA) is 92.5 Å². The summed E-state index contributed by atoms with van der Waals surface area (Å²) < 4.78 is 2.30. The maximum Gasteiger partial charge on any atom is 0.332 e. The zero-order valence-electron chi connectivity index (χ0n) is 18.2. The van der Waals surface area contributed by atoms with Gasteiger partial charge in [0.05, 0.1) is 10.9 Å². The maximum absolute atomic E-state index is 12.8. The fraction of sp³-hybridized carbons (Fsp3) is 0.364. The van der Waals surface area contributed by atoms with E-state index in [1.807, 2.05) is 19.1 Å². The Morgan fingerprint density at radius 2 is 1.71 bits per heavy atom. The molecule has 0 aliphatic carbocycles. The number of aromatic nitrogens is 3. The molecule has 9 nitrogen and oxygen atoms in total. The fourth-order valence-electron chi connectivity index (χ4n) is 3.83. The van der Waals surface area contributed by atoms with Crippen molar-refractivity contribution in [2.75, 3.05) is 43.4 Å². The van der Waals surface area contributed by atoms with Crippen LogP contribution >= 0.6 is 0 Å². The Labute approximate surface area is 179 Å². The van der Waals surface area contributed by atoms with Crippen molar-refractivity contribution in [1.82, 2.24) is 19.0 Å². The Kier molecular flexibility index (Phi) is 5.36. The lowest BCUT2D eigenvalue weighted by molar-refractivity contribution is 0.102. The van der Waals surface area contributed by atoms with E-state index in [9.17, 15) is 14.4 Å². The van der Waals surface area contributed by atoms with Crippen molar-refractivity contribution < 1.29 is 4.79 Å². The van der Waals surface area contributed by atoms with Crippen LogP contribution in [-0.2, 0) is 14.1 Å².